The third-order valence-corrected chi connectivity index (χ3v) is 3.71. The van der Waals surface area contributed by atoms with Crippen molar-refractivity contribution >= 4 is 39.2 Å². The van der Waals surface area contributed by atoms with Gasteiger partial charge in [0.2, 0.25) is 0 Å². The molecule has 0 amide bonds. The number of nitrogens with two attached hydrogens (primary N) is 1. The molecule has 4 heteroatoms. The molecule has 1 heterocycles. The number of nitrogen functional groups attached to an aromatic ring is 1. The maximum absolute atomic E-state index is 5.97. The summed E-state index contributed by atoms with van der Waals surface area (Å²) < 4.78 is 7.04. The van der Waals surface area contributed by atoms with Crippen LogP contribution in [-0.2, 0) is 0 Å². The second-order valence-electron chi connectivity index (χ2n) is 4.08. The average Bonchev–Trinajstić information content (AvgIpc) is 2.42. The highest BCUT2D eigenvalue weighted by Gasteiger charge is 2.07. The van der Waals surface area contributed by atoms with E-state index in [-0.39, 0.29) is 0 Å². The van der Waals surface area contributed by atoms with Gasteiger partial charge in [-0.2, -0.15) is 0 Å². The standard InChI is InChI=1S/C15H11IN2O/c16-11-5-1-2-7-14(11)19-13-8-9-18-15-10(13)4-3-6-12(15)17/h1-9H,17H2. The molecule has 1 aromatic heterocycles. The van der Waals surface area contributed by atoms with Crippen molar-refractivity contribution < 1.29 is 4.74 Å². The molecule has 0 fully saturated rings. The van der Waals surface area contributed by atoms with Gasteiger partial charge >= 0.3 is 0 Å². The number of ether oxygens (including phenoxy) is 1. The van der Waals surface area contributed by atoms with Crippen LogP contribution in [0.2, 0.25) is 0 Å². The quantitative estimate of drug-likeness (QED) is 0.549. The molecule has 0 saturated heterocycles. The molecule has 94 valence electrons. The summed E-state index contributed by atoms with van der Waals surface area (Å²) >= 11 is 2.25. The van der Waals surface area contributed by atoms with Gasteiger partial charge in [0.25, 0.3) is 0 Å². The molecular weight excluding hydrogens is 351 g/mol. The number of para-hydroxylation sites is 2. The third kappa shape index (κ3) is 2.35. The number of anilines is 1. The van der Waals surface area contributed by atoms with E-state index in [2.05, 4.69) is 27.6 Å². The molecule has 3 aromatic rings. The van der Waals surface area contributed by atoms with E-state index in [0.717, 1.165) is 26.0 Å². The van der Waals surface area contributed by atoms with Crippen LogP contribution in [0.4, 0.5) is 5.69 Å². The number of halogens is 1. The zero-order valence-electron chi connectivity index (χ0n) is 10.0. The van der Waals surface area contributed by atoms with Crippen molar-refractivity contribution in [3.05, 3.63) is 58.3 Å². The van der Waals surface area contributed by atoms with Crippen LogP contribution in [0.5, 0.6) is 11.5 Å². The number of nitrogens with zero attached hydrogens (tertiary/aromatic N) is 1. The fraction of sp³-hybridized carbons (Fsp3) is 0. The lowest BCUT2D eigenvalue weighted by Crippen LogP contribution is -1.92. The third-order valence-electron chi connectivity index (χ3n) is 2.82. The van der Waals surface area contributed by atoms with E-state index in [1.807, 2.05) is 48.5 Å². The Balaban J connectivity index is 2.12. The Bertz CT molecular complexity index is 743. The number of aromatic nitrogens is 1. The number of hydrogen-bond acceptors (Lipinski definition) is 3. The first kappa shape index (κ1) is 12.2. The van der Waals surface area contributed by atoms with Crippen LogP contribution in [0.15, 0.2) is 54.7 Å². The van der Waals surface area contributed by atoms with E-state index >= 15 is 0 Å². The van der Waals surface area contributed by atoms with Crippen LogP contribution in [0.3, 0.4) is 0 Å². The molecule has 0 aliphatic carbocycles. The first-order valence-electron chi connectivity index (χ1n) is 5.81. The molecule has 0 aliphatic heterocycles. The van der Waals surface area contributed by atoms with E-state index in [9.17, 15) is 0 Å². The lowest BCUT2D eigenvalue weighted by Gasteiger charge is -2.10. The van der Waals surface area contributed by atoms with E-state index in [4.69, 9.17) is 10.5 Å². The molecule has 0 aliphatic rings. The Hall–Kier alpha value is -1.82. The van der Waals surface area contributed by atoms with Crippen molar-refractivity contribution in [2.75, 3.05) is 5.73 Å². The predicted octanol–water partition coefficient (Wildman–Crippen LogP) is 4.21. The van der Waals surface area contributed by atoms with Crippen LogP contribution >= 0.6 is 22.6 Å². The normalized spacial score (nSPS) is 10.6. The molecule has 3 nitrogen and oxygen atoms in total. The van der Waals surface area contributed by atoms with Crippen molar-refractivity contribution in [3.63, 3.8) is 0 Å². The minimum absolute atomic E-state index is 0.658. The topological polar surface area (TPSA) is 48.1 Å². The van der Waals surface area contributed by atoms with Crippen molar-refractivity contribution in [2.45, 2.75) is 0 Å². The number of rotatable bonds is 2. The molecule has 0 radical (unpaired) electrons. The van der Waals surface area contributed by atoms with Crippen molar-refractivity contribution in [2.24, 2.45) is 0 Å². The fourth-order valence-electron chi connectivity index (χ4n) is 1.91. The Morgan fingerprint density at radius 1 is 0.947 bits per heavy atom. The molecule has 0 bridgehead atoms. The molecule has 2 N–H and O–H groups in total. The second-order valence-corrected chi connectivity index (χ2v) is 5.25. The summed E-state index contributed by atoms with van der Waals surface area (Å²) in [5.41, 5.74) is 7.36. The van der Waals surface area contributed by atoms with Crippen LogP contribution in [0.25, 0.3) is 10.9 Å². The summed E-state index contributed by atoms with van der Waals surface area (Å²) in [6.07, 6.45) is 1.71. The van der Waals surface area contributed by atoms with Crippen LogP contribution in [0, 0.1) is 3.57 Å². The van der Waals surface area contributed by atoms with E-state index in [1.54, 1.807) is 6.20 Å². The molecule has 0 unspecified atom stereocenters. The van der Waals surface area contributed by atoms with Crippen molar-refractivity contribution in [1.29, 1.82) is 0 Å². The largest absolute Gasteiger partial charge is 0.455 e. The maximum atomic E-state index is 5.97. The minimum Gasteiger partial charge on any atom is -0.455 e. The fourth-order valence-corrected chi connectivity index (χ4v) is 2.41. The van der Waals surface area contributed by atoms with Crippen molar-refractivity contribution in [1.82, 2.24) is 4.98 Å². The molecule has 0 atom stereocenters. The van der Waals surface area contributed by atoms with Gasteiger partial charge in [-0.05, 0) is 52.9 Å². The van der Waals surface area contributed by atoms with Crippen LogP contribution in [0.1, 0.15) is 0 Å². The molecule has 19 heavy (non-hydrogen) atoms. The Morgan fingerprint density at radius 2 is 1.79 bits per heavy atom. The first-order chi connectivity index (χ1) is 9.25. The zero-order chi connectivity index (χ0) is 13.2. The van der Waals surface area contributed by atoms with Gasteiger partial charge in [-0.1, -0.05) is 18.2 Å². The number of benzene rings is 2. The monoisotopic (exact) mass is 362 g/mol. The highest BCUT2D eigenvalue weighted by molar-refractivity contribution is 14.1. The summed E-state index contributed by atoms with van der Waals surface area (Å²) in [5.74, 6) is 1.60. The van der Waals surface area contributed by atoms with Gasteiger partial charge in [0.15, 0.2) is 0 Å². The Kier molecular flexibility index (Phi) is 3.25. The summed E-state index contributed by atoms with van der Waals surface area (Å²) in [7, 11) is 0. The lowest BCUT2D eigenvalue weighted by atomic mass is 10.2. The van der Waals surface area contributed by atoms with Gasteiger partial charge in [0.05, 0.1) is 14.8 Å². The summed E-state index contributed by atoms with van der Waals surface area (Å²) in [5, 5.41) is 0.919. The summed E-state index contributed by atoms with van der Waals surface area (Å²) in [6.45, 7) is 0. The molecular formula is C15H11IN2O. The van der Waals surface area contributed by atoms with Gasteiger partial charge < -0.3 is 10.5 Å². The van der Waals surface area contributed by atoms with Gasteiger partial charge in [0.1, 0.15) is 11.5 Å². The maximum Gasteiger partial charge on any atom is 0.140 e. The highest BCUT2D eigenvalue weighted by Crippen LogP contribution is 2.32. The van der Waals surface area contributed by atoms with E-state index < -0.39 is 0 Å². The molecule has 2 aromatic carbocycles. The molecule has 0 saturated carbocycles. The van der Waals surface area contributed by atoms with Gasteiger partial charge in [-0.15, -0.1) is 0 Å². The Morgan fingerprint density at radius 3 is 2.63 bits per heavy atom. The molecule has 3 rings (SSSR count). The Labute approximate surface area is 124 Å². The average molecular weight is 362 g/mol. The number of fused-ring (bicyclic) bond motifs is 1. The lowest BCUT2D eigenvalue weighted by molar-refractivity contribution is 0.484. The summed E-state index contributed by atoms with van der Waals surface area (Å²) in [6, 6.07) is 15.4. The van der Waals surface area contributed by atoms with E-state index in [0.29, 0.717) is 5.69 Å². The predicted molar refractivity (Wildman–Crippen MR) is 85.4 cm³/mol. The molecule has 0 spiro atoms. The SMILES string of the molecule is Nc1cccc2c(Oc3ccccc3I)ccnc12. The first-order valence-corrected chi connectivity index (χ1v) is 6.89. The number of hydrogen-bond donors (Lipinski definition) is 1. The zero-order valence-corrected chi connectivity index (χ0v) is 12.2. The number of pyridine rings is 1. The van der Waals surface area contributed by atoms with Crippen LogP contribution in [-0.4, -0.2) is 4.98 Å². The van der Waals surface area contributed by atoms with Gasteiger partial charge in [0, 0.05) is 11.6 Å². The highest BCUT2D eigenvalue weighted by atomic mass is 127. The smallest absolute Gasteiger partial charge is 0.140 e. The second kappa shape index (κ2) is 5.05. The van der Waals surface area contributed by atoms with Crippen molar-refractivity contribution in [3.8, 4) is 11.5 Å². The van der Waals surface area contributed by atoms with E-state index in [1.165, 1.54) is 0 Å². The van der Waals surface area contributed by atoms with Crippen LogP contribution < -0.4 is 10.5 Å². The summed E-state index contributed by atoms with van der Waals surface area (Å²) in [4.78, 5) is 4.30. The minimum atomic E-state index is 0.658. The van der Waals surface area contributed by atoms with Gasteiger partial charge in [-0.3, -0.25) is 4.98 Å². The van der Waals surface area contributed by atoms with Gasteiger partial charge in [-0.25, -0.2) is 0 Å².